The molecule has 0 aliphatic heterocycles. The summed E-state index contributed by atoms with van der Waals surface area (Å²) in [6.45, 7) is 36.2. The van der Waals surface area contributed by atoms with E-state index in [0.717, 1.165) is 51.3 Å². The number of allylic oxidation sites excluding steroid dienone is 2. The molecule has 542 valence electrons. The fourth-order valence-corrected chi connectivity index (χ4v) is 9.72. The summed E-state index contributed by atoms with van der Waals surface area (Å²) in [7, 11) is 0. The number of aromatic nitrogens is 2. The smallest absolute Gasteiger partial charge is 0.407 e. The average Bonchev–Trinajstić information content (AvgIpc) is 1.70. The zero-order valence-electron chi connectivity index (χ0n) is 60.8. The molecule has 2 heterocycles. The standard InChI is InChI=1S/C23H31FN2O3.C18H23FN2O.C15H18O.C10H8O2.C9H15BrFNO2.C4H11N.CH4/c1-22(2,3)12-20(27)18-7-8-19-17(11-18)9-10-26(19)15-16(13-24)14-25-21(28)29-23(4,5)6;1-18(2,3)9-17(22)15-4-5-16-14(8-15)6-7-21(16)12-13(10-19)11-20;1-15(2,3)10-14(16)13-8-7-11-5-4-6-12(11)9-13;11-10(12)9-5-4-7-2-1-3-8(7)6-9;1-9(2,3)14-8(13)12-6-7(4-10)5-11;1-4(2,3)5;/h7-11,13H,12,14-15H2,1-6H3,(H,25,28);4-8,10H,9,11-12,20H2,1-3H3;4,6-9H,5,10H2,1-3H3;1,3-6H,2H2,(H,11,12);5H,4,6H2,1-3H3,(H,12,13);5H2,1-3H3;1H4/b;13-10+;;;;;. The third kappa shape index (κ3) is 34.0. The van der Waals surface area contributed by atoms with Crippen LogP contribution in [0, 0.1) is 16.2 Å². The van der Waals surface area contributed by atoms with Gasteiger partial charge in [0.2, 0.25) is 0 Å². The Kier molecular flexibility index (Phi) is 34.3. The maximum atomic E-state index is 13.4. The number of ether oxygens (including phenoxy) is 2. The third-order valence-corrected chi connectivity index (χ3v) is 14.5. The van der Waals surface area contributed by atoms with Crippen LogP contribution in [0.2, 0.25) is 0 Å². The van der Waals surface area contributed by atoms with E-state index in [4.69, 9.17) is 26.0 Å². The number of carboxylic acid groups (broad SMARTS) is 1. The molecule has 6 aromatic rings. The van der Waals surface area contributed by atoms with Gasteiger partial charge in [-0.15, -0.1) is 0 Å². The topological polar surface area (TPSA) is 227 Å². The zero-order chi connectivity index (χ0) is 74.1. The number of hydrogen-bond acceptors (Lipinski definition) is 10. The number of rotatable bonds is 17. The van der Waals surface area contributed by atoms with Gasteiger partial charge in [0.05, 0.1) is 24.6 Å². The number of halogens is 4. The van der Waals surface area contributed by atoms with Crippen LogP contribution in [0.1, 0.15) is 215 Å². The van der Waals surface area contributed by atoms with Crippen LogP contribution < -0.4 is 22.1 Å². The predicted molar refractivity (Wildman–Crippen MR) is 404 cm³/mol. The minimum absolute atomic E-state index is 0. The number of aromatic carboxylic acids is 1. The van der Waals surface area contributed by atoms with Crippen LogP contribution in [0.3, 0.4) is 0 Å². The Balaban J connectivity index is 0.000000426. The molecule has 2 aliphatic rings. The lowest BCUT2D eigenvalue weighted by atomic mass is 9.87. The van der Waals surface area contributed by atoms with Crippen molar-refractivity contribution in [2.75, 3.05) is 25.0 Å². The highest BCUT2D eigenvalue weighted by atomic mass is 79.9. The minimum atomic E-state index is -0.863. The number of Topliss-reactive ketones (excluding diaryl/α,β-unsaturated/α-hetero) is 3. The van der Waals surface area contributed by atoms with Crippen LogP contribution in [-0.4, -0.2) is 91.5 Å². The number of amides is 2. The summed E-state index contributed by atoms with van der Waals surface area (Å²) in [6, 6.07) is 26.3. The van der Waals surface area contributed by atoms with E-state index < -0.39 is 29.4 Å². The molecule has 2 aromatic heterocycles. The van der Waals surface area contributed by atoms with Crippen molar-refractivity contribution in [3.05, 3.63) is 190 Å². The van der Waals surface area contributed by atoms with E-state index in [1.807, 2.05) is 142 Å². The first-order valence-electron chi connectivity index (χ1n) is 32.8. The molecule has 2 amide bonds. The lowest BCUT2D eigenvalue weighted by Crippen LogP contribution is -2.33. The van der Waals surface area contributed by atoms with Crippen LogP contribution in [0.25, 0.3) is 34.0 Å². The molecule has 8 rings (SSSR count). The lowest BCUT2D eigenvalue weighted by Gasteiger charge is -2.20. The van der Waals surface area contributed by atoms with Gasteiger partial charge in [-0.1, -0.05) is 128 Å². The van der Waals surface area contributed by atoms with E-state index >= 15 is 0 Å². The molecule has 0 bridgehead atoms. The summed E-state index contributed by atoms with van der Waals surface area (Å²) < 4.78 is 52.0. The van der Waals surface area contributed by atoms with Gasteiger partial charge in [-0.25, -0.2) is 27.6 Å². The summed E-state index contributed by atoms with van der Waals surface area (Å²) in [4.78, 5) is 70.2. The number of ketones is 3. The molecule has 7 N–H and O–H groups in total. The molecule has 0 radical (unpaired) electrons. The molecule has 15 nitrogen and oxygen atoms in total. The van der Waals surface area contributed by atoms with Crippen LogP contribution in [-0.2, 0) is 35.4 Å². The van der Waals surface area contributed by atoms with Crippen molar-refractivity contribution in [1.29, 1.82) is 0 Å². The van der Waals surface area contributed by atoms with Gasteiger partial charge in [0.15, 0.2) is 17.3 Å². The van der Waals surface area contributed by atoms with Crippen molar-refractivity contribution in [2.24, 2.45) is 27.7 Å². The van der Waals surface area contributed by atoms with Crippen LogP contribution in [0.5, 0.6) is 0 Å². The van der Waals surface area contributed by atoms with Gasteiger partial charge in [0.1, 0.15) is 11.2 Å². The Morgan fingerprint density at radius 3 is 1.18 bits per heavy atom. The third-order valence-electron chi connectivity index (χ3n) is 13.8. The number of carboxylic acids is 1. The first kappa shape index (κ1) is 87.0. The Labute approximate surface area is 594 Å². The summed E-state index contributed by atoms with van der Waals surface area (Å²) in [6.07, 6.45) is 15.9. The first-order chi connectivity index (χ1) is 45.3. The summed E-state index contributed by atoms with van der Waals surface area (Å²) >= 11 is 3.09. The van der Waals surface area contributed by atoms with Crippen molar-refractivity contribution in [3.63, 3.8) is 0 Å². The Hall–Kier alpha value is -8.13. The highest BCUT2D eigenvalue weighted by molar-refractivity contribution is 9.09. The van der Waals surface area contributed by atoms with E-state index in [-0.39, 0.29) is 72.7 Å². The quantitative estimate of drug-likeness (QED) is 0.0426. The second-order valence-corrected chi connectivity index (χ2v) is 31.5. The SMILES string of the molecule is C.CC(C)(C)CC(=O)c1ccc2c(c1)C=CC2.CC(C)(C)CC(=O)c1ccc2c(ccn2C/C(=C/F)CN)c1.CC(C)(C)CC(=O)c1ccc2c(ccn2CC(=CF)CNC(=O)OC(C)(C)C)c1.CC(C)(C)N.CC(C)(C)OC(=O)NCC(=CF)CBr.O=C(O)c1ccc2c(c1)C=CC2. The molecule has 0 spiro atoms. The van der Waals surface area contributed by atoms with Gasteiger partial charge in [-0.2, -0.15) is 0 Å². The Morgan fingerprint density at radius 1 is 0.515 bits per heavy atom. The number of nitrogens with two attached hydrogens (primary N) is 2. The van der Waals surface area contributed by atoms with Gasteiger partial charge < -0.3 is 45.8 Å². The number of fused-ring (bicyclic) bond motifs is 4. The summed E-state index contributed by atoms with van der Waals surface area (Å²) in [5.41, 5.74) is 20.3. The first-order valence-corrected chi connectivity index (χ1v) is 33.9. The predicted octanol–water partition coefficient (Wildman–Crippen LogP) is 19.7. The zero-order valence-corrected chi connectivity index (χ0v) is 62.4. The average molecular weight is 1440 g/mol. The number of hydrogen-bond donors (Lipinski definition) is 5. The minimum Gasteiger partial charge on any atom is -0.478 e. The lowest BCUT2D eigenvalue weighted by molar-refractivity contribution is 0.0521. The maximum Gasteiger partial charge on any atom is 0.407 e. The molecular formula is C80H110BrF3N6O9. The van der Waals surface area contributed by atoms with Gasteiger partial charge in [0, 0.05) is 114 Å². The Bertz CT molecular complexity index is 3840. The summed E-state index contributed by atoms with van der Waals surface area (Å²) in [5, 5.41) is 16.0. The van der Waals surface area contributed by atoms with Crippen molar-refractivity contribution in [2.45, 2.75) is 194 Å². The van der Waals surface area contributed by atoms with Crippen LogP contribution >= 0.6 is 15.9 Å². The molecule has 0 atom stereocenters. The molecule has 19 heteroatoms. The fraction of sp³-hybridized carbons (Fsp3) is 0.450. The van der Waals surface area contributed by atoms with Gasteiger partial charge in [0.25, 0.3) is 0 Å². The largest absolute Gasteiger partial charge is 0.478 e. The van der Waals surface area contributed by atoms with Crippen molar-refractivity contribution in [1.82, 2.24) is 19.8 Å². The van der Waals surface area contributed by atoms with Crippen LogP contribution in [0.15, 0.2) is 145 Å². The van der Waals surface area contributed by atoms with E-state index in [0.29, 0.717) is 78.0 Å². The number of benzene rings is 4. The number of carbonyl (C=O) groups is 6. The van der Waals surface area contributed by atoms with Crippen molar-refractivity contribution < 1.29 is 56.5 Å². The molecular weight excluding hydrogens is 1330 g/mol. The number of alkyl halides is 1. The summed E-state index contributed by atoms with van der Waals surface area (Å²) in [5.74, 6) is -0.361. The number of carbonyl (C=O) groups excluding carboxylic acids is 5. The molecule has 99 heavy (non-hydrogen) atoms. The molecule has 0 unspecified atom stereocenters. The second kappa shape index (κ2) is 39.0. The monoisotopic (exact) mass is 1430 g/mol. The van der Waals surface area contributed by atoms with Gasteiger partial charge in [-0.05, 0) is 197 Å². The van der Waals surface area contributed by atoms with Gasteiger partial charge >= 0.3 is 18.2 Å². The number of nitrogens with one attached hydrogen (secondary N) is 2. The highest BCUT2D eigenvalue weighted by Crippen LogP contribution is 2.29. The maximum absolute atomic E-state index is 13.4. The molecule has 0 fully saturated rings. The normalized spacial score (nSPS) is 12.8. The van der Waals surface area contributed by atoms with Gasteiger partial charge in [-0.3, -0.25) is 14.4 Å². The number of alkyl carbamates (subject to hydrolysis) is 2. The molecule has 4 aromatic carbocycles. The fourth-order valence-electron chi connectivity index (χ4n) is 9.40. The van der Waals surface area contributed by atoms with E-state index in [1.165, 1.54) is 16.7 Å². The van der Waals surface area contributed by atoms with Crippen molar-refractivity contribution in [3.8, 4) is 0 Å². The molecule has 2 aliphatic carbocycles. The van der Waals surface area contributed by atoms with E-state index in [2.05, 4.69) is 86.3 Å². The van der Waals surface area contributed by atoms with E-state index in [9.17, 15) is 41.9 Å². The Morgan fingerprint density at radius 2 is 0.848 bits per heavy atom. The molecule has 0 saturated carbocycles. The van der Waals surface area contributed by atoms with Crippen LogP contribution in [0.4, 0.5) is 22.8 Å². The highest BCUT2D eigenvalue weighted by Gasteiger charge is 2.23. The second-order valence-electron chi connectivity index (χ2n) is 31.0. The van der Waals surface area contributed by atoms with E-state index in [1.54, 1.807) is 53.7 Å². The van der Waals surface area contributed by atoms with Crippen molar-refractivity contribution >= 4 is 85.4 Å². The molecule has 0 saturated heterocycles. The number of nitrogens with zero attached hydrogens (tertiary/aromatic N) is 2.